The van der Waals surface area contributed by atoms with Crippen LogP contribution in [0, 0.1) is 5.92 Å². The highest BCUT2D eigenvalue weighted by Gasteiger charge is 2.33. The van der Waals surface area contributed by atoms with Gasteiger partial charge in [0.05, 0.1) is 12.0 Å². The van der Waals surface area contributed by atoms with Crippen LogP contribution in [0.15, 0.2) is 24.3 Å². The van der Waals surface area contributed by atoms with Crippen LogP contribution in [0.25, 0.3) is 0 Å². The Hall–Kier alpha value is -1.56. The predicted molar refractivity (Wildman–Crippen MR) is 67.0 cm³/mol. The van der Waals surface area contributed by atoms with E-state index in [9.17, 15) is 18.0 Å². The van der Waals surface area contributed by atoms with E-state index in [0.29, 0.717) is 11.5 Å². The lowest BCUT2D eigenvalue weighted by atomic mass is 10.1. The Morgan fingerprint density at radius 2 is 2.10 bits per heavy atom. The Kier molecular flexibility index (Phi) is 4.32. The molecule has 0 saturated heterocycles. The summed E-state index contributed by atoms with van der Waals surface area (Å²) in [6.45, 7) is 0.248. The highest BCUT2D eigenvalue weighted by atomic mass is 19.4. The summed E-state index contributed by atoms with van der Waals surface area (Å²) in [4.78, 5) is 10.8. The monoisotopic (exact) mass is 287 g/mol. The third-order valence-electron chi connectivity index (χ3n) is 3.41. The second kappa shape index (κ2) is 5.83. The van der Waals surface area contributed by atoms with E-state index in [2.05, 4.69) is 5.32 Å². The molecule has 1 aliphatic rings. The van der Waals surface area contributed by atoms with Gasteiger partial charge in [-0.05, 0) is 30.4 Å². The molecule has 2 N–H and O–H groups in total. The average Bonchev–Trinajstić information content (AvgIpc) is 3.17. The van der Waals surface area contributed by atoms with Crippen molar-refractivity contribution in [3.63, 3.8) is 0 Å². The molecule has 0 radical (unpaired) electrons. The van der Waals surface area contributed by atoms with Crippen molar-refractivity contribution in [3.8, 4) is 0 Å². The third-order valence-corrected chi connectivity index (χ3v) is 3.41. The van der Waals surface area contributed by atoms with Crippen molar-refractivity contribution in [2.45, 2.75) is 38.0 Å². The molecule has 1 unspecified atom stereocenters. The third kappa shape index (κ3) is 4.23. The van der Waals surface area contributed by atoms with Crippen molar-refractivity contribution in [1.29, 1.82) is 0 Å². The predicted octanol–water partition coefficient (Wildman–Crippen LogP) is 3.05. The molecular formula is C14H16F3NO2. The van der Waals surface area contributed by atoms with E-state index >= 15 is 0 Å². The van der Waals surface area contributed by atoms with Gasteiger partial charge in [-0.25, -0.2) is 0 Å². The molecule has 0 aromatic heterocycles. The van der Waals surface area contributed by atoms with Gasteiger partial charge < -0.3 is 10.4 Å². The summed E-state index contributed by atoms with van der Waals surface area (Å²) < 4.78 is 37.7. The fourth-order valence-electron chi connectivity index (χ4n) is 2.20. The van der Waals surface area contributed by atoms with E-state index in [1.54, 1.807) is 6.07 Å². The molecule has 6 heteroatoms. The number of halogens is 3. The molecule has 0 spiro atoms. The fraction of sp³-hybridized carbons (Fsp3) is 0.500. The van der Waals surface area contributed by atoms with Crippen molar-refractivity contribution >= 4 is 5.97 Å². The highest BCUT2D eigenvalue weighted by molar-refractivity contribution is 5.67. The second-order valence-corrected chi connectivity index (χ2v) is 5.12. The maximum Gasteiger partial charge on any atom is 0.416 e. The van der Waals surface area contributed by atoms with E-state index in [1.807, 2.05) is 0 Å². The van der Waals surface area contributed by atoms with Gasteiger partial charge in [-0.2, -0.15) is 13.2 Å². The van der Waals surface area contributed by atoms with Crippen LogP contribution in [0.2, 0.25) is 0 Å². The lowest BCUT2D eigenvalue weighted by molar-refractivity contribution is -0.138. The maximum absolute atomic E-state index is 12.6. The molecule has 1 aromatic carbocycles. The van der Waals surface area contributed by atoms with Crippen molar-refractivity contribution < 1.29 is 23.1 Å². The van der Waals surface area contributed by atoms with Crippen LogP contribution in [-0.4, -0.2) is 17.1 Å². The number of nitrogens with one attached hydrogen (secondary N) is 1. The normalized spacial score (nSPS) is 16.9. The van der Waals surface area contributed by atoms with Gasteiger partial charge >= 0.3 is 12.1 Å². The first-order chi connectivity index (χ1) is 9.36. The molecule has 20 heavy (non-hydrogen) atoms. The van der Waals surface area contributed by atoms with E-state index < -0.39 is 17.7 Å². The number of hydrogen-bond acceptors (Lipinski definition) is 2. The number of rotatable bonds is 6. The molecule has 1 saturated carbocycles. The Morgan fingerprint density at radius 1 is 1.40 bits per heavy atom. The molecule has 1 aliphatic carbocycles. The van der Waals surface area contributed by atoms with Gasteiger partial charge in [0.15, 0.2) is 0 Å². The summed E-state index contributed by atoms with van der Waals surface area (Å²) in [6.07, 6.45) is -2.39. The lowest BCUT2D eigenvalue weighted by Crippen LogP contribution is -2.32. The zero-order valence-corrected chi connectivity index (χ0v) is 10.8. The highest BCUT2D eigenvalue weighted by Crippen LogP contribution is 2.34. The van der Waals surface area contributed by atoms with Crippen LogP contribution >= 0.6 is 0 Å². The number of carboxylic acid groups (broad SMARTS) is 1. The topological polar surface area (TPSA) is 49.3 Å². The molecule has 1 fully saturated rings. The summed E-state index contributed by atoms with van der Waals surface area (Å²) in [7, 11) is 0. The molecule has 1 aromatic rings. The SMILES string of the molecule is O=C(O)CC(NCc1cccc(C(F)(F)F)c1)C1CC1. The summed E-state index contributed by atoms with van der Waals surface area (Å²) in [6, 6.07) is 4.93. The first kappa shape index (κ1) is 14.8. The molecule has 0 amide bonds. The number of carboxylic acids is 1. The Balaban J connectivity index is 1.97. The molecule has 0 heterocycles. The zero-order valence-electron chi connectivity index (χ0n) is 10.8. The van der Waals surface area contributed by atoms with E-state index in [0.717, 1.165) is 25.0 Å². The summed E-state index contributed by atoms with van der Waals surface area (Å²) in [5.41, 5.74) is -0.172. The van der Waals surface area contributed by atoms with E-state index in [-0.39, 0.29) is 19.0 Å². The zero-order chi connectivity index (χ0) is 14.8. The molecule has 0 aliphatic heterocycles. The minimum Gasteiger partial charge on any atom is -0.481 e. The molecule has 1 atom stereocenters. The van der Waals surface area contributed by atoms with Crippen LogP contribution in [-0.2, 0) is 17.5 Å². The Labute approximate surface area is 114 Å². The molecule has 3 nitrogen and oxygen atoms in total. The van der Waals surface area contributed by atoms with Gasteiger partial charge in [0, 0.05) is 12.6 Å². The van der Waals surface area contributed by atoms with Crippen molar-refractivity contribution in [3.05, 3.63) is 35.4 Å². The van der Waals surface area contributed by atoms with E-state index in [4.69, 9.17) is 5.11 Å². The van der Waals surface area contributed by atoms with Crippen LogP contribution in [0.4, 0.5) is 13.2 Å². The van der Waals surface area contributed by atoms with Crippen LogP contribution in [0.3, 0.4) is 0 Å². The Bertz CT molecular complexity index is 484. The molecule has 0 bridgehead atoms. The number of benzene rings is 1. The summed E-state index contributed by atoms with van der Waals surface area (Å²) in [5, 5.41) is 11.9. The fourth-order valence-corrected chi connectivity index (χ4v) is 2.20. The largest absolute Gasteiger partial charge is 0.481 e. The Morgan fingerprint density at radius 3 is 2.65 bits per heavy atom. The van der Waals surface area contributed by atoms with Gasteiger partial charge in [-0.15, -0.1) is 0 Å². The van der Waals surface area contributed by atoms with Crippen molar-refractivity contribution in [1.82, 2.24) is 5.32 Å². The van der Waals surface area contributed by atoms with Gasteiger partial charge in [-0.1, -0.05) is 18.2 Å². The van der Waals surface area contributed by atoms with Gasteiger partial charge in [0.1, 0.15) is 0 Å². The van der Waals surface area contributed by atoms with Gasteiger partial charge in [0.25, 0.3) is 0 Å². The van der Waals surface area contributed by atoms with Crippen LogP contribution in [0.1, 0.15) is 30.4 Å². The first-order valence-corrected chi connectivity index (χ1v) is 6.47. The van der Waals surface area contributed by atoms with Gasteiger partial charge in [0.2, 0.25) is 0 Å². The minimum atomic E-state index is -4.35. The molecule has 2 rings (SSSR count). The maximum atomic E-state index is 12.6. The summed E-state index contributed by atoms with van der Waals surface area (Å²) in [5.74, 6) is -0.560. The van der Waals surface area contributed by atoms with Crippen molar-refractivity contribution in [2.75, 3.05) is 0 Å². The quantitative estimate of drug-likeness (QED) is 0.845. The van der Waals surface area contributed by atoms with Crippen LogP contribution in [0.5, 0.6) is 0 Å². The standard InChI is InChI=1S/C14H16F3NO2/c15-14(16,17)11-3-1-2-9(6-11)8-18-12(7-13(19)20)10-4-5-10/h1-3,6,10,12,18H,4-5,7-8H2,(H,19,20). The molecular weight excluding hydrogens is 271 g/mol. The van der Waals surface area contributed by atoms with Gasteiger partial charge in [-0.3, -0.25) is 4.79 Å². The number of carbonyl (C=O) groups is 1. The minimum absolute atomic E-state index is 0.00360. The number of aliphatic carboxylic acids is 1. The first-order valence-electron chi connectivity index (χ1n) is 6.47. The van der Waals surface area contributed by atoms with Crippen LogP contribution < -0.4 is 5.32 Å². The number of hydrogen-bond donors (Lipinski definition) is 2. The lowest BCUT2D eigenvalue weighted by Gasteiger charge is -2.16. The number of alkyl halides is 3. The molecule has 110 valence electrons. The smallest absolute Gasteiger partial charge is 0.416 e. The van der Waals surface area contributed by atoms with E-state index in [1.165, 1.54) is 6.07 Å². The second-order valence-electron chi connectivity index (χ2n) is 5.12. The average molecular weight is 287 g/mol. The summed E-state index contributed by atoms with van der Waals surface area (Å²) >= 11 is 0. The van der Waals surface area contributed by atoms with Crippen molar-refractivity contribution in [2.24, 2.45) is 5.92 Å².